The third-order valence-corrected chi connectivity index (χ3v) is 3.95. The average molecular weight is 239 g/mol. The molecule has 1 saturated heterocycles. The summed E-state index contributed by atoms with van der Waals surface area (Å²) in [6.07, 6.45) is 5.75. The van der Waals surface area contributed by atoms with Crippen molar-refractivity contribution in [3.05, 3.63) is 0 Å². The second-order valence-corrected chi connectivity index (χ2v) is 5.98. The predicted octanol–water partition coefficient (Wildman–Crippen LogP) is 1.45. The highest BCUT2D eigenvalue weighted by Crippen LogP contribution is 2.49. The van der Waals surface area contributed by atoms with Crippen LogP contribution in [0.1, 0.15) is 32.1 Å². The predicted molar refractivity (Wildman–Crippen MR) is 69.2 cm³/mol. The van der Waals surface area contributed by atoms with Gasteiger partial charge in [-0.15, -0.1) is 0 Å². The quantitative estimate of drug-likeness (QED) is 0.545. The molecule has 4 heteroatoms. The fourth-order valence-electron chi connectivity index (χ4n) is 3.00. The van der Waals surface area contributed by atoms with Gasteiger partial charge in [0.2, 0.25) is 0 Å². The molecule has 98 valence electrons. The van der Waals surface area contributed by atoms with Gasteiger partial charge in [0.15, 0.2) is 0 Å². The summed E-state index contributed by atoms with van der Waals surface area (Å²) in [6.45, 7) is 4.07. The number of hydrogen-bond acceptors (Lipinski definition) is 3. The van der Waals surface area contributed by atoms with Gasteiger partial charge in [-0.25, -0.2) is 0 Å². The van der Waals surface area contributed by atoms with E-state index in [1.54, 1.807) is 0 Å². The van der Waals surface area contributed by atoms with Crippen LogP contribution in [0, 0.1) is 16.7 Å². The van der Waals surface area contributed by atoms with Gasteiger partial charge in [0.05, 0.1) is 12.4 Å². The van der Waals surface area contributed by atoms with Gasteiger partial charge >= 0.3 is 0 Å². The second kappa shape index (κ2) is 5.36. The van der Waals surface area contributed by atoms with E-state index in [0.717, 1.165) is 32.7 Å². The zero-order valence-corrected chi connectivity index (χ0v) is 10.9. The van der Waals surface area contributed by atoms with Crippen LogP contribution in [0.5, 0.6) is 0 Å². The summed E-state index contributed by atoms with van der Waals surface area (Å²) in [5.41, 5.74) is 5.85. The lowest BCUT2D eigenvalue weighted by Crippen LogP contribution is -2.35. The Kier molecular flexibility index (Phi) is 4.05. The van der Waals surface area contributed by atoms with Crippen molar-refractivity contribution in [1.82, 2.24) is 4.90 Å². The standard InChI is InChI=1S/C13H25N3O/c1-16(8-11-3-2-6-17-9-11)10-13(4-5-13)7-12(14)15/h11H,2-10H2,1H3,(H3,14,15). The number of nitrogens with two attached hydrogens (primary N) is 1. The van der Waals surface area contributed by atoms with Gasteiger partial charge in [0, 0.05) is 26.1 Å². The summed E-state index contributed by atoms with van der Waals surface area (Å²) in [6, 6.07) is 0. The summed E-state index contributed by atoms with van der Waals surface area (Å²) >= 11 is 0. The van der Waals surface area contributed by atoms with Crippen LogP contribution in [0.15, 0.2) is 0 Å². The van der Waals surface area contributed by atoms with Gasteiger partial charge in [-0.1, -0.05) is 0 Å². The summed E-state index contributed by atoms with van der Waals surface area (Å²) in [5, 5.41) is 7.43. The highest BCUT2D eigenvalue weighted by Gasteiger charge is 2.43. The van der Waals surface area contributed by atoms with Crippen LogP contribution in [0.4, 0.5) is 0 Å². The van der Waals surface area contributed by atoms with E-state index in [0.29, 0.717) is 17.2 Å². The molecule has 1 saturated carbocycles. The van der Waals surface area contributed by atoms with Gasteiger partial charge in [0.25, 0.3) is 0 Å². The maximum atomic E-state index is 7.43. The minimum absolute atomic E-state index is 0.329. The maximum Gasteiger partial charge on any atom is 0.0911 e. The smallest absolute Gasteiger partial charge is 0.0911 e. The molecule has 1 aliphatic carbocycles. The number of nitrogens with one attached hydrogen (secondary N) is 1. The topological polar surface area (TPSA) is 62.3 Å². The van der Waals surface area contributed by atoms with Crippen molar-refractivity contribution in [3.8, 4) is 0 Å². The molecule has 0 bridgehead atoms. The van der Waals surface area contributed by atoms with Crippen LogP contribution in [0.25, 0.3) is 0 Å². The number of rotatable bonds is 6. The molecular formula is C13H25N3O. The lowest BCUT2D eigenvalue weighted by atomic mass is 9.98. The first-order chi connectivity index (χ1) is 8.10. The Balaban J connectivity index is 1.72. The molecule has 0 aromatic heterocycles. The summed E-state index contributed by atoms with van der Waals surface area (Å²) in [4.78, 5) is 2.41. The fraction of sp³-hybridized carbons (Fsp3) is 0.923. The van der Waals surface area contributed by atoms with Crippen molar-refractivity contribution in [2.24, 2.45) is 17.1 Å². The zero-order valence-electron chi connectivity index (χ0n) is 10.9. The third-order valence-electron chi connectivity index (χ3n) is 3.95. The number of hydrogen-bond donors (Lipinski definition) is 2. The highest BCUT2D eigenvalue weighted by molar-refractivity contribution is 5.78. The molecule has 1 heterocycles. The first-order valence-electron chi connectivity index (χ1n) is 6.69. The van der Waals surface area contributed by atoms with Crippen LogP contribution in [0.2, 0.25) is 0 Å². The Hall–Kier alpha value is -0.610. The Labute approximate surface area is 104 Å². The lowest BCUT2D eigenvalue weighted by Gasteiger charge is -2.29. The molecule has 0 radical (unpaired) electrons. The molecule has 4 nitrogen and oxygen atoms in total. The summed E-state index contributed by atoms with van der Waals surface area (Å²) in [5.74, 6) is 1.04. The van der Waals surface area contributed by atoms with Gasteiger partial charge in [-0.05, 0) is 44.1 Å². The first-order valence-corrected chi connectivity index (χ1v) is 6.69. The van der Waals surface area contributed by atoms with E-state index in [1.165, 1.54) is 25.7 Å². The van der Waals surface area contributed by atoms with Crippen LogP contribution < -0.4 is 5.73 Å². The van der Waals surface area contributed by atoms with Crippen molar-refractivity contribution in [2.75, 3.05) is 33.4 Å². The molecule has 2 aliphatic rings. The van der Waals surface area contributed by atoms with Crippen molar-refractivity contribution in [1.29, 1.82) is 5.41 Å². The Morgan fingerprint density at radius 1 is 1.53 bits per heavy atom. The Morgan fingerprint density at radius 3 is 2.82 bits per heavy atom. The first kappa shape index (κ1) is 12.8. The normalized spacial score (nSPS) is 27.1. The van der Waals surface area contributed by atoms with Crippen LogP contribution in [-0.4, -0.2) is 44.1 Å². The van der Waals surface area contributed by atoms with E-state index in [4.69, 9.17) is 15.9 Å². The molecule has 1 atom stereocenters. The monoisotopic (exact) mass is 239 g/mol. The molecular weight excluding hydrogens is 214 g/mol. The molecule has 1 aliphatic heterocycles. The van der Waals surface area contributed by atoms with Gasteiger partial charge in [-0.3, -0.25) is 5.41 Å². The molecule has 0 aromatic rings. The SMILES string of the molecule is CN(CC1CCCOC1)CC1(CC(=N)N)CC1. The van der Waals surface area contributed by atoms with Crippen molar-refractivity contribution in [2.45, 2.75) is 32.1 Å². The van der Waals surface area contributed by atoms with E-state index < -0.39 is 0 Å². The minimum atomic E-state index is 0.329. The van der Waals surface area contributed by atoms with Gasteiger partial charge in [0.1, 0.15) is 0 Å². The third kappa shape index (κ3) is 3.96. The Morgan fingerprint density at radius 2 is 2.29 bits per heavy atom. The fourth-order valence-corrected chi connectivity index (χ4v) is 3.00. The number of ether oxygens (including phenoxy) is 1. The lowest BCUT2D eigenvalue weighted by molar-refractivity contribution is 0.0397. The van der Waals surface area contributed by atoms with Gasteiger partial charge in [-0.2, -0.15) is 0 Å². The number of nitrogens with zero attached hydrogens (tertiary/aromatic N) is 1. The van der Waals surface area contributed by atoms with E-state index >= 15 is 0 Å². The molecule has 0 aromatic carbocycles. The number of amidine groups is 1. The van der Waals surface area contributed by atoms with E-state index in [1.807, 2.05) is 0 Å². The second-order valence-electron chi connectivity index (χ2n) is 5.98. The largest absolute Gasteiger partial charge is 0.388 e. The molecule has 2 rings (SSSR count). The summed E-state index contributed by atoms with van der Waals surface area (Å²) in [7, 11) is 2.19. The molecule has 0 amide bonds. The average Bonchev–Trinajstić information content (AvgIpc) is 2.97. The van der Waals surface area contributed by atoms with Crippen molar-refractivity contribution >= 4 is 5.84 Å². The minimum Gasteiger partial charge on any atom is -0.388 e. The van der Waals surface area contributed by atoms with E-state index in [2.05, 4.69) is 11.9 Å². The molecule has 1 unspecified atom stereocenters. The molecule has 3 N–H and O–H groups in total. The highest BCUT2D eigenvalue weighted by atomic mass is 16.5. The summed E-state index contributed by atoms with van der Waals surface area (Å²) < 4.78 is 5.51. The van der Waals surface area contributed by atoms with Crippen molar-refractivity contribution in [3.63, 3.8) is 0 Å². The van der Waals surface area contributed by atoms with Crippen LogP contribution in [-0.2, 0) is 4.74 Å². The van der Waals surface area contributed by atoms with Crippen molar-refractivity contribution < 1.29 is 4.74 Å². The zero-order chi connectivity index (χ0) is 12.3. The maximum absolute atomic E-state index is 7.43. The van der Waals surface area contributed by atoms with Crippen LogP contribution in [0.3, 0.4) is 0 Å². The Bertz CT molecular complexity index is 270. The van der Waals surface area contributed by atoms with E-state index in [9.17, 15) is 0 Å². The molecule has 17 heavy (non-hydrogen) atoms. The van der Waals surface area contributed by atoms with Crippen LogP contribution >= 0.6 is 0 Å². The molecule has 0 spiro atoms. The molecule has 2 fully saturated rings. The van der Waals surface area contributed by atoms with E-state index in [-0.39, 0.29) is 0 Å². The van der Waals surface area contributed by atoms with Gasteiger partial charge < -0.3 is 15.4 Å².